The second kappa shape index (κ2) is 9.54. The van der Waals surface area contributed by atoms with Gasteiger partial charge in [-0.05, 0) is 61.7 Å². The van der Waals surface area contributed by atoms with Gasteiger partial charge in [-0.1, -0.05) is 44.2 Å². The maximum Gasteiger partial charge on any atom is 0.240 e. The Morgan fingerprint density at radius 2 is 1.79 bits per heavy atom. The lowest BCUT2D eigenvalue weighted by molar-refractivity contribution is 0.170. The summed E-state index contributed by atoms with van der Waals surface area (Å²) in [5.74, 6) is 1.40. The third-order valence-electron chi connectivity index (χ3n) is 5.16. The number of nitrogens with zero attached hydrogens (tertiary/aromatic N) is 1. The van der Waals surface area contributed by atoms with E-state index in [1.54, 1.807) is 24.3 Å². The average molecular weight is 403 g/mol. The Hall–Kier alpha value is -1.89. The third kappa shape index (κ3) is 5.80. The van der Waals surface area contributed by atoms with Gasteiger partial charge in [0.15, 0.2) is 0 Å². The summed E-state index contributed by atoms with van der Waals surface area (Å²) in [5, 5.41) is 0. The number of nitrogens with one attached hydrogen (secondary N) is 1. The molecule has 0 unspecified atom stereocenters. The lowest BCUT2D eigenvalue weighted by Crippen LogP contribution is -2.45. The van der Waals surface area contributed by atoms with Crippen molar-refractivity contribution in [3.05, 3.63) is 60.2 Å². The quantitative estimate of drug-likeness (QED) is 0.733. The van der Waals surface area contributed by atoms with E-state index < -0.39 is 10.0 Å². The molecule has 5 nitrogen and oxygen atoms in total. The molecule has 0 amide bonds. The van der Waals surface area contributed by atoms with Gasteiger partial charge in [-0.25, -0.2) is 13.1 Å². The highest BCUT2D eigenvalue weighted by atomic mass is 32.2. The van der Waals surface area contributed by atoms with Crippen molar-refractivity contribution < 1.29 is 13.2 Å². The summed E-state index contributed by atoms with van der Waals surface area (Å²) in [6, 6.07) is 16.8. The zero-order chi connectivity index (χ0) is 20.0. The van der Waals surface area contributed by atoms with Gasteiger partial charge in [-0.2, -0.15) is 0 Å². The van der Waals surface area contributed by atoms with Crippen molar-refractivity contribution in [1.82, 2.24) is 9.62 Å². The van der Waals surface area contributed by atoms with Crippen molar-refractivity contribution in [1.29, 1.82) is 0 Å². The highest BCUT2D eigenvalue weighted by Gasteiger charge is 2.24. The minimum absolute atomic E-state index is 0.00917. The summed E-state index contributed by atoms with van der Waals surface area (Å²) in [7, 11) is -3.43. The Balaban J connectivity index is 1.41. The maximum atomic E-state index is 12.4. The summed E-state index contributed by atoms with van der Waals surface area (Å²) in [5.41, 5.74) is 1.28. The molecular weight excluding hydrogens is 372 g/mol. The van der Waals surface area contributed by atoms with Crippen molar-refractivity contribution in [2.45, 2.75) is 43.5 Å². The Morgan fingerprint density at radius 3 is 2.46 bits per heavy atom. The predicted octanol–water partition coefficient (Wildman–Crippen LogP) is 3.63. The smallest absolute Gasteiger partial charge is 0.240 e. The van der Waals surface area contributed by atoms with Crippen LogP contribution in [0.2, 0.25) is 0 Å². The van der Waals surface area contributed by atoms with E-state index >= 15 is 0 Å². The number of likely N-dealkylation sites (tertiary alicyclic amines) is 1. The van der Waals surface area contributed by atoms with Crippen LogP contribution in [0.5, 0.6) is 5.75 Å². The zero-order valence-electron chi connectivity index (χ0n) is 16.7. The van der Waals surface area contributed by atoms with Crippen LogP contribution in [0.25, 0.3) is 0 Å². The normalized spacial score (nSPS) is 16.4. The van der Waals surface area contributed by atoms with Crippen LogP contribution < -0.4 is 9.46 Å². The maximum absolute atomic E-state index is 12.4. The molecule has 3 rings (SSSR count). The predicted molar refractivity (Wildman–Crippen MR) is 112 cm³/mol. The lowest BCUT2D eigenvalue weighted by atomic mass is 10.0. The van der Waals surface area contributed by atoms with E-state index in [0.717, 1.165) is 38.2 Å². The van der Waals surface area contributed by atoms with Gasteiger partial charge in [-0.3, -0.25) is 4.90 Å². The molecule has 0 spiro atoms. The standard InChI is InChI=1S/C22H30N2O3S/c1-18(2)19-7-6-8-21(17-19)27-16-15-24-13-11-20(12-14-24)23-28(25,26)22-9-4-3-5-10-22/h3-10,17-18,20,23H,11-16H2,1-2H3. The highest BCUT2D eigenvalue weighted by molar-refractivity contribution is 7.89. The summed E-state index contributed by atoms with van der Waals surface area (Å²) < 4.78 is 33.6. The van der Waals surface area contributed by atoms with Gasteiger partial charge in [0, 0.05) is 12.6 Å². The molecule has 0 bridgehead atoms. The van der Waals surface area contributed by atoms with Gasteiger partial charge >= 0.3 is 0 Å². The van der Waals surface area contributed by atoms with E-state index in [1.165, 1.54) is 5.56 Å². The fourth-order valence-electron chi connectivity index (χ4n) is 3.42. The molecule has 2 aromatic rings. The van der Waals surface area contributed by atoms with E-state index in [2.05, 4.69) is 35.6 Å². The largest absolute Gasteiger partial charge is 0.492 e. The van der Waals surface area contributed by atoms with Gasteiger partial charge in [0.05, 0.1) is 4.90 Å². The highest BCUT2D eigenvalue weighted by Crippen LogP contribution is 2.20. The number of benzene rings is 2. The van der Waals surface area contributed by atoms with E-state index in [0.29, 0.717) is 17.4 Å². The van der Waals surface area contributed by atoms with Crippen LogP contribution in [0, 0.1) is 0 Å². The zero-order valence-corrected chi connectivity index (χ0v) is 17.5. The molecule has 152 valence electrons. The average Bonchev–Trinajstić information content (AvgIpc) is 2.70. The van der Waals surface area contributed by atoms with Crippen LogP contribution in [0.15, 0.2) is 59.5 Å². The fraction of sp³-hybridized carbons (Fsp3) is 0.455. The molecule has 0 saturated carbocycles. The Bertz CT molecular complexity index is 845. The van der Waals surface area contributed by atoms with Crippen LogP contribution in [-0.4, -0.2) is 45.6 Å². The summed E-state index contributed by atoms with van der Waals surface area (Å²) in [6.07, 6.45) is 1.63. The number of hydrogen-bond donors (Lipinski definition) is 1. The van der Waals surface area contributed by atoms with E-state index in [9.17, 15) is 8.42 Å². The molecule has 2 aromatic carbocycles. The molecular formula is C22H30N2O3S. The van der Waals surface area contributed by atoms with Gasteiger partial charge in [0.1, 0.15) is 12.4 Å². The van der Waals surface area contributed by atoms with Gasteiger partial charge in [-0.15, -0.1) is 0 Å². The number of piperidine rings is 1. The van der Waals surface area contributed by atoms with Crippen molar-refractivity contribution in [3.8, 4) is 5.75 Å². The van der Waals surface area contributed by atoms with Crippen molar-refractivity contribution in [2.24, 2.45) is 0 Å². The number of sulfonamides is 1. The molecule has 1 aliphatic rings. The monoisotopic (exact) mass is 402 g/mol. The number of rotatable bonds is 8. The molecule has 0 aliphatic carbocycles. The van der Waals surface area contributed by atoms with Crippen LogP contribution in [-0.2, 0) is 10.0 Å². The third-order valence-corrected chi connectivity index (χ3v) is 6.70. The first-order valence-corrected chi connectivity index (χ1v) is 11.4. The Kier molecular flexibility index (Phi) is 7.10. The fourth-order valence-corrected chi connectivity index (χ4v) is 4.74. The SMILES string of the molecule is CC(C)c1cccc(OCCN2CCC(NS(=O)(=O)c3ccccc3)CC2)c1. The molecule has 6 heteroatoms. The van der Waals surface area contributed by atoms with E-state index in [1.807, 2.05) is 18.2 Å². The van der Waals surface area contributed by atoms with E-state index in [-0.39, 0.29) is 6.04 Å². The summed E-state index contributed by atoms with van der Waals surface area (Å²) >= 11 is 0. The number of ether oxygens (including phenoxy) is 1. The first-order chi connectivity index (χ1) is 13.4. The minimum Gasteiger partial charge on any atom is -0.492 e. The van der Waals surface area contributed by atoms with Crippen LogP contribution in [0.4, 0.5) is 0 Å². The van der Waals surface area contributed by atoms with Crippen molar-refractivity contribution in [3.63, 3.8) is 0 Å². The van der Waals surface area contributed by atoms with E-state index in [4.69, 9.17) is 4.74 Å². The van der Waals surface area contributed by atoms with Crippen LogP contribution in [0.1, 0.15) is 38.2 Å². The van der Waals surface area contributed by atoms with Crippen molar-refractivity contribution >= 4 is 10.0 Å². The topological polar surface area (TPSA) is 58.6 Å². The molecule has 0 aromatic heterocycles. The van der Waals surface area contributed by atoms with Gasteiger partial charge < -0.3 is 4.74 Å². The summed E-state index contributed by atoms with van der Waals surface area (Å²) in [6.45, 7) is 7.59. The summed E-state index contributed by atoms with van der Waals surface area (Å²) in [4.78, 5) is 2.66. The first kappa shape index (κ1) is 20.8. The Morgan fingerprint density at radius 1 is 1.07 bits per heavy atom. The molecule has 1 aliphatic heterocycles. The molecule has 1 heterocycles. The Labute approximate surface area is 168 Å². The number of hydrogen-bond acceptors (Lipinski definition) is 4. The van der Waals surface area contributed by atoms with Gasteiger partial charge in [0.2, 0.25) is 10.0 Å². The van der Waals surface area contributed by atoms with Crippen molar-refractivity contribution in [2.75, 3.05) is 26.2 Å². The second-order valence-electron chi connectivity index (χ2n) is 7.63. The van der Waals surface area contributed by atoms with Crippen LogP contribution in [0.3, 0.4) is 0 Å². The first-order valence-electron chi connectivity index (χ1n) is 9.96. The lowest BCUT2D eigenvalue weighted by Gasteiger charge is -2.32. The minimum atomic E-state index is -3.43. The molecule has 0 radical (unpaired) electrons. The van der Waals surface area contributed by atoms with Crippen LogP contribution >= 0.6 is 0 Å². The molecule has 0 atom stereocenters. The molecule has 1 fully saturated rings. The molecule has 1 saturated heterocycles. The second-order valence-corrected chi connectivity index (χ2v) is 9.34. The van der Waals surface area contributed by atoms with Gasteiger partial charge in [0.25, 0.3) is 0 Å². The molecule has 28 heavy (non-hydrogen) atoms. The molecule has 1 N–H and O–H groups in total.